The van der Waals surface area contributed by atoms with E-state index in [1.807, 2.05) is 0 Å². The number of carbonyl (C=O) groups excluding carboxylic acids is 1. The van der Waals surface area contributed by atoms with Gasteiger partial charge >= 0.3 is 5.97 Å². The maximum atomic E-state index is 12.8. The largest absolute Gasteiger partial charge is 0.493 e. The summed E-state index contributed by atoms with van der Waals surface area (Å²) < 4.78 is 5.46. The van der Waals surface area contributed by atoms with Crippen molar-refractivity contribution in [3.8, 4) is 5.75 Å². The Morgan fingerprint density at radius 3 is 2.48 bits per heavy atom. The number of piperidine rings is 1. The average Bonchev–Trinajstić information content (AvgIpc) is 2.80. The van der Waals surface area contributed by atoms with Crippen LogP contribution >= 0.6 is 0 Å². The molecule has 2 aromatic carbocycles. The number of nitrogens with zero attached hydrogens (tertiary/aromatic N) is 1. The zero-order chi connectivity index (χ0) is 23.8. The number of hydrogen-bond acceptors (Lipinski definition) is 4. The Morgan fingerprint density at radius 1 is 1.09 bits per heavy atom. The highest BCUT2D eigenvalue weighted by molar-refractivity contribution is 5.91. The van der Waals surface area contributed by atoms with Crippen LogP contribution in [0.4, 0.5) is 5.69 Å². The summed E-state index contributed by atoms with van der Waals surface area (Å²) in [7, 11) is 0. The van der Waals surface area contributed by atoms with Gasteiger partial charge in [0, 0.05) is 31.2 Å². The van der Waals surface area contributed by atoms with Crippen LogP contribution < -0.4 is 15.0 Å². The van der Waals surface area contributed by atoms with Gasteiger partial charge in [0.15, 0.2) is 0 Å². The lowest BCUT2D eigenvalue weighted by molar-refractivity contribution is -0.120. The maximum absolute atomic E-state index is 12.8. The smallest absolute Gasteiger partial charge is 0.339 e. The minimum Gasteiger partial charge on any atom is -0.493 e. The first-order chi connectivity index (χ1) is 15.9. The van der Waals surface area contributed by atoms with Gasteiger partial charge in [-0.2, -0.15) is 0 Å². The number of para-hydroxylation sites is 1. The Hall–Kier alpha value is -3.02. The third kappa shape index (κ3) is 6.50. The summed E-state index contributed by atoms with van der Waals surface area (Å²) in [4.78, 5) is 26.6. The number of anilines is 1. The van der Waals surface area contributed by atoms with Gasteiger partial charge in [0.2, 0.25) is 5.91 Å². The van der Waals surface area contributed by atoms with E-state index in [1.54, 1.807) is 19.1 Å². The van der Waals surface area contributed by atoms with E-state index in [4.69, 9.17) is 4.74 Å². The van der Waals surface area contributed by atoms with E-state index in [2.05, 4.69) is 48.3 Å². The number of nitrogens with one attached hydrogen (secondary N) is 1. The van der Waals surface area contributed by atoms with E-state index >= 15 is 0 Å². The predicted molar refractivity (Wildman–Crippen MR) is 131 cm³/mol. The second kappa shape index (κ2) is 11.7. The van der Waals surface area contributed by atoms with Gasteiger partial charge in [0.25, 0.3) is 0 Å². The molecule has 1 aliphatic rings. The number of ether oxygens (including phenoxy) is 1. The second-order valence-electron chi connectivity index (χ2n) is 9.01. The molecule has 1 fully saturated rings. The number of carboxylic acid groups (broad SMARTS) is 1. The summed E-state index contributed by atoms with van der Waals surface area (Å²) in [5.41, 5.74) is 3.42. The molecule has 6 nitrogen and oxygen atoms in total. The first kappa shape index (κ1) is 24.6. The van der Waals surface area contributed by atoms with Gasteiger partial charge in [-0.1, -0.05) is 38.1 Å². The van der Waals surface area contributed by atoms with Crippen LogP contribution in [0, 0.1) is 5.92 Å². The van der Waals surface area contributed by atoms with Gasteiger partial charge in [0.1, 0.15) is 11.3 Å². The highest BCUT2D eigenvalue weighted by Gasteiger charge is 2.23. The lowest BCUT2D eigenvalue weighted by atomic mass is 9.86. The summed E-state index contributed by atoms with van der Waals surface area (Å²) in [6.07, 6.45) is 3.92. The average molecular weight is 453 g/mol. The fourth-order valence-electron chi connectivity index (χ4n) is 4.53. The summed E-state index contributed by atoms with van der Waals surface area (Å²) in [5.74, 6) is -0.245. The zero-order valence-electron chi connectivity index (χ0n) is 20.0. The number of amides is 1. The molecule has 178 valence electrons. The minimum absolute atomic E-state index is 0.0818. The van der Waals surface area contributed by atoms with Gasteiger partial charge in [0.05, 0.1) is 13.0 Å². The van der Waals surface area contributed by atoms with Crippen LogP contribution in [0.2, 0.25) is 0 Å². The highest BCUT2D eigenvalue weighted by atomic mass is 16.5. The summed E-state index contributed by atoms with van der Waals surface area (Å²) >= 11 is 0. The normalized spacial score (nSPS) is 14.7. The number of hydrogen-bond donors (Lipinski definition) is 2. The Balaban J connectivity index is 1.69. The first-order valence-electron chi connectivity index (χ1n) is 12.0. The standard InChI is InChI=1S/C27H36N2O4/c1-4-33-25-16-20(12-13-22(25)27(31)32)17-26(30)28-18-23(19(2)3)21-10-6-7-11-24(21)29-14-8-5-9-15-29/h6-7,10-13,16,19,23H,4-5,8-9,14-15,17-18H2,1-3H3,(H,28,30)(H,31,32). The van der Waals surface area contributed by atoms with Gasteiger partial charge in [-0.15, -0.1) is 0 Å². The van der Waals surface area contributed by atoms with E-state index in [-0.39, 0.29) is 23.8 Å². The lowest BCUT2D eigenvalue weighted by Crippen LogP contribution is -2.34. The van der Waals surface area contributed by atoms with Crippen LogP contribution in [0.15, 0.2) is 42.5 Å². The molecule has 6 heteroatoms. The molecular formula is C27H36N2O4. The van der Waals surface area contributed by atoms with Gasteiger partial charge in [-0.3, -0.25) is 4.79 Å². The SMILES string of the molecule is CCOc1cc(CC(=O)NCC(c2ccccc2N2CCCCC2)C(C)C)ccc1C(=O)O. The van der Waals surface area contributed by atoms with Crippen LogP contribution in [0.5, 0.6) is 5.75 Å². The predicted octanol–water partition coefficient (Wildman–Crippen LogP) is 4.87. The molecule has 0 aromatic heterocycles. The van der Waals surface area contributed by atoms with Gasteiger partial charge in [-0.25, -0.2) is 4.79 Å². The fourth-order valence-corrected chi connectivity index (χ4v) is 4.53. The number of aromatic carboxylic acids is 1. The molecule has 1 unspecified atom stereocenters. The molecule has 0 radical (unpaired) electrons. The molecule has 0 bridgehead atoms. The molecule has 0 aliphatic carbocycles. The van der Waals surface area contributed by atoms with E-state index in [0.29, 0.717) is 24.8 Å². The van der Waals surface area contributed by atoms with Crippen LogP contribution in [0.25, 0.3) is 0 Å². The highest BCUT2D eigenvalue weighted by Crippen LogP contribution is 2.33. The number of rotatable bonds is 10. The van der Waals surface area contributed by atoms with Crippen molar-refractivity contribution in [2.75, 3.05) is 31.1 Å². The molecule has 1 amide bonds. The lowest BCUT2D eigenvalue weighted by Gasteiger charge is -2.33. The van der Waals surface area contributed by atoms with Crippen LogP contribution in [0.3, 0.4) is 0 Å². The molecule has 0 spiro atoms. The number of carboxylic acids is 1. The Kier molecular flexibility index (Phi) is 8.75. The molecule has 1 heterocycles. The monoisotopic (exact) mass is 452 g/mol. The fraction of sp³-hybridized carbons (Fsp3) is 0.481. The molecular weight excluding hydrogens is 416 g/mol. The number of carbonyl (C=O) groups is 2. The van der Waals surface area contributed by atoms with Crippen LogP contribution in [-0.4, -0.2) is 43.2 Å². The van der Waals surface area contributed by atoms with Crippen LogP contribution in [-0.2, 0) is 11.2 Å². The summed E-state index contributed by atoms with van der Waals surface area (Å²) in [5, 5.41) is 12.4. The third-order valence-corrected chi connectivity index (χ3v) is 6.30. The molecule has 2 aromatic rings. The van der Waals surface area contributed by atoms with E-state index in [0.717, 1.165) is 18.7 Å². The molecule has 0 saturated carbocycles. The molecule has 3 rings (SSSR count). The van der Waals surface area contributed by atoms with Crippen molar-refractivity contribution in [2.45, 2.75) is 52.4 Å². The topological polar surface area (TPSA) is 78.9 Å². The quantitative estimate of drug-likeness (QED) is 0.538. The van der Waals surface area contributed by atoms with E-state index in [1.165, 1.54) is 36.6 Å². The van der Waals surface area contributed by atoms with Crippen molar-refractivity contribution in [1.82, 2.24) is 5.32 Å². The van der Waals surface area contributed by atoms with E-state index < -0.39 is 5.97 Å². The summed E-state index contributed by atoms with van der Waals surface area (Å²) in [6.45, 7) is 9.30. The van der Waals surface area contributed by atoms with Crippen LogP contribution in [0.1, 0.15) is 67.4 Å². The Bertz CT molecular complexity index is 951. The van der Waals surface area contributed by atoms with E-state index in [9.17, 15) is 14.7 Å². The molecule has 1 atom stereocenters. The summed E-state index contributed by atoms with van der Waals surface area (Å²) in [6, 6.07) is 13.4. The minimum atomic E-state index is -1.04. The molecule has 33 heavy (non-hydrogen) atoms. The maximum Gasteiger partial charge on any atom is 0.339 e. The first-order valence-corrected chi connectivity index (χ1v) is 12.0. The Labute approximate surface area is 196 Å². The van der Waals surface area contributed by atoms with Crippen molar-refractivity contribution in [2.24, 2.45) is 5.92 Å². The number of benzene rings is 2. The van der Waals surface area contributed by atoms with Crippen molar-refractivity contribution in [3.63, 3.8) is 0 Å². The zero-order valence-corrected chi connectivity index (χ0v) is 20.0. The second-order valence-corrected chi connectivity index (χ2v) is 9.01. The van der Waals surface area contributed by atoms with Crippen molar-refractivity contribution >= 4 is 17.6 Å². The van der Waals surface area contributed by atoms with Crippen molar-refractivity contribution in [1.29, 1.82) is 0 Å². The van der Waals surface area contributed by atoms with Gasteiger partial charge in [-0.05, 0) is 61.4 Å². The van der Waals surface area contributed by atoms with Crippen molar-refractivity contribution in [3.05, 3.63) is 59.2 Å². The molecule has 1 aliphatic heterocycles. The third-order valence-electron chi connectivity index (χ3n) is 6.30. The molecule has 2 N–H and O–H groups in total. The van der Waals surface area contributed by atoms with Crippen molar-refractivity contribution < 1.29 is 19.4 Å². The molecule has 1 saturated heterocycles. The van der Waals surface area contributed by atoms with Gasteiger partial charge < -0.3 is 20.1 Å². The Morgan fingerprint density at radius 2 is 1.82 bits per heavy atom.